The summed E-state index contributed by atoms with van der Waals surface area (Å²) in [6.45, 7) is 0.835. The molecule has 0 saturated carbocycles. The molecule has 0 aliphatic carbocycles. The lowest BCUT2D eigenvalue weighted by Gasteiger charge is -2.09. The predicted molar refractivity (Wildman–Crippen MR) is 97.7 cm³/mol. The first-order valence-electron chi connectivity index (χ1n) is 7.83. The van der Waals surface area contributed by atoms with Gasteiger partial charge < -0.3 is 5.32 Å². The van der Waals surface area contributed by atoms with Gasteiger partial charge in [0, 0.05) is 17.0 Å². The molecule has 0 fully saturated rings. The third-order valence-electron chi connectivity index (χ3n) is 4.13. The topological polar surface area (TPSA) is 12.0 Å². The minimum absolute atomic E-state index is 0.566. The van der Waals surface area contributed by atoms with Crippen LogP contribution in [0.4, 0.5) is 18.2 Å². The normalized spacial score (nSPS) is 13.4. The van der Waals surface area contributed by atoms with Crippen LogP contribution in [0.3, 0.4) is 0 Å². The fourth-order valence-corrected chi connectivity index (χ4v) is 3.91. The van der Waals surface area contributed by atoms with Crippen LogP contribution < -0.4 is 5.32 Å². The van der Waals surface area contributed by atoms with E-state index in [0.717, 1.165) is 33.6 Å². The van der Waals surface area contributed by atoms with Gasteiger partial charge in [0.15, 0.2) is 0 Å². The van der Waals surface area contributed by atoms with Crippen molar-refractivity contribution in [1.82, 2.24) is 0 Å². The maximum absolute atomic E-state index is 12.9. The van der Waals surface area contributed by atoms with E-state index < -0.39 is 11.7 Å². The van der Waals surface area contributed by atoms with Crippen molar-refractivity contribution in [3.05, 3.63) is 71.8 Å². The van der Waals surface area contributed by atoms with Crippen LogP contribution in [0.5, 0.6) is 0 Å². The molecule has 0 atom stereocenters. The number of fused-ring (bicyclic) bond motifs is 1. The van der Waals surface area contributed by atoms with Gasteiger partial charge in [-0.15, -0.1) is 11.3 Å². The number of anilines is 1. The lowest BCUT2D eigenvalue weighted by atomic mass is 10.0. The van der Waals surface area contributed by atoms with Crippen LogP contribution in [0.25, 0.3) is 27.6 Å². The fraction of sp³-hybridized carbons (Fsp3) is 0.100. The number of thiophene rings is 1. The number of hydrogen-bond donors (Lipinski definition) is 1. The summed E-state index contributed by atoms with van der Waals surface area (Å²) in [5, 5.41) is 4.49. The Morgan fingerprint density at radius 1 is 0.880 bits per heavy atom. The summed E-state index contributed by atoms with van der Waals surface area (Å²) in [7, 11) is 0. The standard InChI is InChI=1S/C20H14F3NS/c21-20(22,23)17-5-1-3-15(11-17)13-6-8-14(9-7-13)18-12-16-4-2-10-24-19(16)25-18/h1-9,11-12,24H,10H2. The molecule has 1 aromatic heterocycles. The Morgan fingerprint density at radius 3 is 2.36 bits per heavy atom. The van der Waals surface area contributed by atoms with Gasteiger partial charge in [-0.3, -0.25) is 0 Å². The minimum atomic E-state index is -4.33. The summed E-state index contributed by atoms with van der Waals surface area (Å²) in [5.41, 5.74) is 2.95. The van der Waals surface area contributed by atoms with Gasteiger partial charge >= 0.3 is 6.18 Å². The second kappa shape index (κ2) is 6.08. The van der Waals surface area contributed by atoms with Crippen molar-refractivity contribution in [2.24, 2.45) is 0 Å². The largest absolute Gasteiger partial charge is 0.416 e. The van der Waals surface area contributed by atoms with E-state index in [1.54, 1.807) is 17.4 Å². The molecular formula is C20H14F3NS. The monoisotopic (exact) mass is 357 g/mol. The van der Waals surface area contributed by atoms with E-state index in [2.05, 4.69) is 23.5 Å². The zero-order chi connectivity index (χ0) is 17.4. The molecule has 1 nitrogen and oxygen atoms in total. The van der Waals surface area contributed by atoms with Crippen LogP contribution in [0.1, 0.15) is 11.1 Å². The summed E-state index contributed by atoms with van der Waals surface area (Å²) in [6, 6.07) is 15.2. The zero-order valence-electron chi connectivity index (χ0n) is 13.1. The van der Waals surface area contributed by atoms with Crippen LogP contribution in [0, 0.1) is 0 Å². The van der Waals surface area contributed by atoms with Gasteiger partial charge in [0.2, 0.25) is 0 Å². The molecule has 0 saturated heterocycles. The molecule has 2 heterocycles. The number of hydrogen-bond acceptors (Lipinski definition) is 2. The number of rotatable bonds is 2. The number of alkyl halides is 3. The number of nitrogens with one attached hydrogen (secondary N) is 1. The first-order chi connectivity index (χ1) is 12.0. The summed E-state index contributed by atoms with van der Waals surface area (Å²) in [6.07, 6.45) is -0.148. The molecular weight excluding hydrogens is 343 g/mol. The highest BCUT2D eigenvalue weighted by Gasteiger charge is 2.30. The first-order valence-corrected chi connectivity index (χ1v) is 8.65. The first kappa shape index (κ1) is 16.0. The van der Waals surface area contributed by atoms with Crippen molar-refractivity contribution in [3.8, 4) is 21.6 Å². The molecule has 25 heavy (non-hydrogen) atoms. The van der Waals surface area contributed by atoms with Gasteiger partial charge in [0.1, 0.15) is 0 Å². The average Bonchev–Trinajstić information content (AvgIpc) is 3.05. The highest BCUT2D eigenvalue weighted by Crippen LogP contribution is 2.38. The molecule has 0 spiro atoms. The molecule has 0 radical (unpaired) electrons. The van der Waals surface area contributed by atoms with Crippen molar-refractivity contribution >= 4 is 22.4 Å². The Labute approximate surface area is 147 Å². The minimum Gasteiger partial charge on any atom is -0.373 e. The van der Waals surface area contributed by atoms with E-state index in [1.807, 2.05) is 24.3 Å². The highest BCUT2D eigenvalue weighted by atomic mass is 32.1. The maximum atomic E-state index is 12.9. The van der Waals surface area contributed by atoms with Crippen LogP contribution in [-0.4, -0.2) is 6.54 Å². The molecule has 3 aromatic rings. The third-order valence-corrected chi connectivity index (χ3v) is 5.29. The van der Waals surface area contributed by atoms with Gasteiger partial charge in [-0.25, -0.2) is 0 Å². The Balaban J connectivity index is 1.64. The Hall–Kier alpha value is -2.53. The van der Waals surface area contributed by atoms with E-state index in [9.17, 15) is 13.2 Å². The molecule has 0 amide bonds. The maximum Gasteiger partial charge on any atom is 0.416 e. The van der Waals surface area contributed by atoms with Gasteiger partial charge in [-0.1, -0.05) is 48.6 Å². The fourth-order valence-electron chi connectivity index (χ4n) is 2.85. The Bertz CT molecular complexity index is 936. The van der Waals surface area contributed by atoms with E-state index >= 15 is 0 Å². The van der Waals surface area contributed by atoms with Crippen molar-refractivity contribution < 1.29 is 13.2 Å². The molecule has 1 N–H and O–H groups in total. The van der Waals surface area contributed by atoms with Gasteiger partial charge in [-0.2, -0.15) is 13.2 Å². The van der Waals surface area contributed by atoms with E-state index in [4.69, 9.17) is 0 Å². The lowest BCUT2D eigenvalue weighted by Crippen LogP contribution is -2.04. The van der Waals surface area contributed by atoms with Crippen molar-refractivity contribution in [2.75, 3.05) is 11.9 Å². The Morgan fingerprint density at radius 2 is 1.64 bits per heavy atom. The molecule has 1 aliphatic rings. The molecule has 0 unspecified atom stereocenters. The smallest absolute Gasteiger partial charge is 0.373 e. The summed E-state index contributed by atoms with van der Waals surface area (Å²) >= 11 is 1.68. The van der Waals surface area contributed by atoms with E-state index in [-0.39, 0.29) is 0 Å². The predicted octanol–water partition coefficient (Wildman–Crippen LogP) is 6.54. The highest BCUT2D eigenvalue weighted by molar-refractivity contribution is 7.19. The molecule has 4 rings (SSSR count). The quantitative estimate of drug-likeness (QED) is 0.549. The summed E-state index contributed by atoms with van der Waals surface area (Å²) < 4.78 is 38.6. The van der Waals surface area contributed by atoms with Crippen molar-refractivity contribution in [2.45, 2.75) is 6.18 Å². The molecule has 2 aromatic carbocycles. The van der Waals surface area contributed by atoms with Crippen molar-refractivity contribution in [1.29, 1.82) is 0 Å². The second-order valence-electron chi connectivity index (χ2n) is 5.83. The zero-order valence-corrected chi connectivity index (χ0v) is 13.9. The molecule has 0 bridgehead atoms. The molecule has 5 heteroatoms. The van der Waals surface area contributed by atoms with Crippen molar-refractivity contribution in [3.63, 3.8) is 0 Å². The van der Waals surface area contributed by atoms with E-state index in [1.165, 1.54) is 17.7 Å². The van der Waals surface area contributed by atoms with Crippen LogP contribution in [0.15, 0.2) is 60.7 Å². The van der Waals surface area contributed by atoms with E-state index in [0.29, 0.717) is 5.56 Å². The van der Waals surface area contributed by atoms with Gasteiger partial charge in [-0.05, 0) is 34.9 Å². The van der Waals surface area contributed by atoms with Crippen LogP contribution >= 0.6 is 11.3 Å². The summed E-state index contributed by atoms with van der Waals surface area (Å²) in [5.74, 6) is 0. The third kappa shape index (κ3) is 3.20. The average molecular weight is 357 g/mol. The Kier molecular flexibility index (Phi) is 3.88. The van der Waals surface area contributed by atoms with Crippen LogP contribution in [0.2, 0.25) is 0 Å². The number of benzene rings is 2. The van der Waals surface area contributed by atoms with Gasteiger partial charge in [0.25, 0.3) is 0 Å². The second-order valence-corrected chi connectivity index (χ2v) is 6.89. The van der Waals surface area contributed by atoms with Crippen LogP contribution in [-0.2, 0) is 6.18 Å². The van der Waals surface area contributed by atoms with Gasteiger partial charge in [0.05, 0.1) is 10.6 Å². The lowest BCUT2D eigenvalue weighted by molar-refractivity contribution is -0.137. The molecule has 126 valence electrons. The molecule has 1 aliphatic heterocycles. The SMILES string of the molecule is FC(F)(F)c1cccc(-c2ccc(-c3cc4c(s3)NCC=C4)cc2)c1. The number of halogens is 3. The summed E-state index contributed by atoms with van der Waals surface area (Å²) in [4.78, 5) is 1.14.